The molecule has 0 bridgehead atoms. The van der Waals surface area contributed by atoms with Gasteiger partial charge in [0.1, 0.15) is 18.2 Å². The third-order valence-electron chi connectivity index (χ3n) is 3.07. The molecule has 0 amide bonds. The molecule has 0 aliphatic heterocycles. The molecule has 3 rings (SSSR count). The van der Waals surface area contributed by atoms with Gasteiger partial charge < -0.3 is 10.5 Å². The summed E-state index contributed by atoms with van der Waals surface area (Å²) in [7, 11) is 0. The second-order valence-corrected chi connectivity index (χ2v) is 4.47. The highest BCUT2D eigenvalue weighted by Crippen LogP contribution is 2.24. The first-order valence-electron chi connectivity index (χ1n) is 6.47. The third-order valence-corrected chi connectivity index (χ3v) is 3.07. The van der Waals surface area contributed by atoms with E-state index in [9.17, 15) is 0 Å². The van der Waals surface area contributed by atoms with E-state index in [0.717, 1.165) is 16.5 Å². The summed E-state index contributed by atoms with van der Waals surface area (Å²) in [5, 5.41) is 0.857. The van der Waals surface area contributed by atoms with Gasteiger partial charge in [-0.15, -0.1) is 18.8 Å². The number of nitrogen functional groups attached to an aromatic ring is 1. The van der Waals surface area contributed by atoms with Gasteiger partial charge in [-0.3, -0.25) is 0 Å². The van der Waals surface area contributed by atoms with Crippen LogP contribution < -0.4 is 10.5 Å². The summed E-state index contributed by atoms with van der Waals surface area (Å²) in [5.74, 6) is 4.21. The fraction of sp³-hybridized carbons (Fsp3) is 0.0588. The van der Waals surface area contributed by atoms with Gasteiger partial charge in [-0.1, -0.05) is 18.1 Å². The molecule has 4 nitrogen and oxygen atoms in total. The SMILES string of the molecule is C#CCOc1ccc(-c2nc(N)c3ccccc3n2)cc1.Cl. The van der Waals surface area contributed by atoms with Crippen molar-refractivity contribution in [3.63, 3.8) is 0 Å². The van der Waals surface area contributed by atoms with Gasteiger partial charge >= 0.3 is 0 Å². The van der Waals surface area contributed by atoms with Crippen LogP contribution in [-0.2, 0) is 0 Å². The van der Waals surface area contributed by atoms with E-state index in [-0.39, 0.29) is 19.0 Å². The van der Waals surface area contributed by atoms with Crippen LogP contribution in [0.25, 0.3) is 22.3 Å². The van der Waals surface area contributed by atoms with Crippen molar-refractivity contribution in [1.82, 2.24) is 9.97 Å². The fourth-order valence-electron chi connectivity index (χ4n) is 2.06. The van der Waals surface area contributed by atoms with E-state index >= 15 is 0 Å². The first-order chi connectivity index (χ1) is 10.3. The second-order valence-electron chi connectivity index (χ2n) is 4.47. The maximum Gasteiger partial charge on any atom is 0.162 e. The second kappa shape index (κ2) is 6.79. The van der Waals surface area contributed by atoms with Crippen LogP contribution in [0, 0.1) is 12.3 Å². The summed E-state index contributed by atoms with van der Waals surface area (Å²) in [6.07, 6.45) is 5.16. The number of halogens is 1. The summed E-state index contributed by atoms with van der Waals surface area (Å²) < 4.78 is 5.34. The number of nitrogens with two attached hydrogens (primary N) is 1. The van der Waals surface area contributed by atoms with Crippen LogP contribution in [0.15, 0.2) is 48.5 Å². The number of hydrogen-bond donors (Lipinski definition) is 1. The standard InChI is InChI=1S/C17H13N3O.ClH/c1-2-11-21-13-9-7-12(8-10-13)17-19-15-6-4-3-5-14(15)16(18)20-17;/h1,3-10H,11H2,(H2,18,19,20);1H. The van der Waals surface area contributed by atoms with Crippen molar-refractivity contribution in [2.75, 3.05) is 12.3 Å². The largest absolute Gasteiger partial charge is 0.481 e. The molecule has 22 heavy (non-hydrogen) atoms. The van der Waals surface area contributed by atoms with Gasteiger partial charge in [0.05, 0.1) is 5.52 Å². The highest BCUT2D eigenvalue weighted by Gasteiger charge is 2.07. The summed E-state index contributed by atoms with van der Waals surface area (Å²) >= 11 is 0. The fourth-order valence-corrected chi connectivity index (χ4v) is 2.06. The van der Waals surface area contributed by atoms with Crippen LogP contribution in [0.3, 0.4) is 0 Å². The molecule has 2 N–H and O–H groups in total. The lowest BCUT2D eigenvalue weighted by molar-refractivity contribution is 0.370. The minimum atomic E-state index is 0. The highest BCUT2D eigenvalue weighted by molar-refractivity contribution is 5.89. The molecule has 0 saturated carbocycles. The predicted molar refractivity (Wildman–Crippen MR) is 91.0 cm³/mol. The van der Waals surface area contributed by atoms with Gasteiger partial charge in [-0.2, -0.15) is 0 Å². The quantitative estimate of drug-likeness (QED) is 0.754. The van der Waals surface area contributed by atoms with Gasteiger partial charge in [-0.25, -0.2) is 9.97 Å². The van der Waals surface area contributed by atoms with Crippen LogP contribution in [0.2, 0.25) is 0 Å². The Bertz CT molecular complexity index is 825. The molecular formula is C17H14ClN3O. The molecule has 0 aliphatic rings. The summed E-state index contributed by atoms with van der Waals surface area (Å²) in [5.41, 5.74) is 7.69. The maximum absolute atomic E-state index is 5.99. The molecule has 0 aliphatic carbocycles. The number of hydrogen-bond acceptors (Lipinski definition) is 4. The number of nitrogens with zero attached hydrogens (tertiary/aromatic N) is 2. The van der Waals surface area contributed by atoms with Gasteiger partial charge in [-0.05, 0) is 36.4 Å². The third kappa shape index (κ3) is 3.11. The smallest absolute Gasteiger partial charge is 0.162 e. The van der Waals surface area contributed by atoms with Crippen molar-refractivity contribution in [2.24, 2.45) is 0 Å². The van der Waals surface area contributed by atoms with E-state index in [1.54, 1.807) is 0 Å². The Morgan fingerprint density at radius 1 is 1.05 bits per heavy atom. The highest BCUT2D eigenvalue weighted by atomic mass is 35.5. The van der Waals surface area contributed by atoms with Crippen molar-refractivity contribution < 1.29 is 4.74 Å². The Labute approximate surface area is 134 Å². The first kappa shape index (κ1) is 15.6. The minimum Gasteiger partial charge on any atom is -0.481 e. The van der Waals surface area contributed by atoms with Crippen molar-refractivity contribution in [3.8, 4) is 29.5 Å². The Morgan fingerprint density at radius 3 is 2.50 bits per heavy atom. The summed E-state index contributed by atoms with van der Waals surface area (Å²) in [6.45, 7) is 0.249. The predicted octanol–water partition coefficient (Wildman–Crippen LogP) is 3.31. The van der Waals surface area contributed by atoms with Crippen LogP contribution in [0.1, 0.15) is 0 Å². The molecule has 0 radical (unpaired) electrons. The van der Waals surface area contributed by atoms with E-state index in [4.69, 9.17) is 16.9 Å². The molecule has 0 saturated heterocycles. The van der Waals surface area contributed by atoms with Crippen LogP contribution in [0.5, 0.6) is 5.75 Å². The lowest BCUT2D eigenvalue weighted by Gasteiger charge is -2.06. The molecule has 1 heterocycles. The van der Waals surface area contributed by atoms with Gasteiger partial charge in [0.2, 0.25) is 0 Å². The lowest BCUT2D eigenvalue weighted by atomic mass is 10.2. The Hall–Kier alpha value is -2.77. The number of ether oxygens (including phenoxy) is 1. The maximum atomic E-state index is 5.99. The number of fused-ring (bicyclic) bond motifs is 1. The Kier molecular flexibility index (Phi) is 4.82. The summed E-state index contributed by atoms with van der Waals surface area (Å²) in [6, 6.07) is 15.1. The minimum absolute atomic E-state index is 0. The first-order valence-corrected chi connectivity index (χ1v) is 6.47. The van der Waals surface area contributed by atoms with Crippen molar-refractivity contribution >= 4 is 29.1 Å². The Morgan fingerprint density at radius 2 is 1.77 bits per heavy atom. The zero-order valence-electron chi connectivity index (χ0n) is 11.7. The van der Waals surface area contributed by atoms with Crippen LogP contribution in [0.4, 0.5) is 5.82 Å². The van der Waals surface area contributed by atoms with Crippen molar-refractivity contribution in [2.45, 2.75) is 0 Å². The van der Waals surface area contributed by atoms with Gasteiger partial charge in [0.15, 0.2) is 5.82 Å². The van der Waals surface area contributed by atoms with E-state index < -0.39 is 0 Å². The molecule has 110 valence electrons. The molecule has 5 heteroatoms. The number of para-hydroxylation sites is 1. The zero-order valence-corrected chi connectivity index (χ0v) is 12.5. The monoisotopic (exact) mass is 311 g/mol. The summed E-state index contributed by atoms with van der Waals surface area (Å²) in [4.78, 5) is 8.89. The number of benzene rings is 2. The van der Waals surface area contributed by atoms with Crippen molar-refractivity contribution in [3.05, 3.63) is 48.5 Å². The van der Waals surface area contributed by atoms with Gasteiger partial charge in [0, 0.05) is 10.9 Å². The average Bonchev–Trinajstić information content (AvgIpc) is 2.53. The average molecular weight is 312 g/mol. The number of aromatic nitrogens is 2. The molecule has 0 unspecified atom stereocenters. The topological polar surface area (TPSA) is 61.0 Å². The molecule has 3 aromatic rings. The molecule has 0 spiro atoms. The number of terminal acetylenes is 1. The van der Waals surface area contributed by atoms with E-state index in [1.807, 2.05) is 48.5 Å². The van der Waals surface area contributed by atoms with Crippen molar-refractivity contribution in [1.29, 1.82) is 0 Å². The molecule has 0 atom stereocenters. The van der Waals surface area contributed by atoms with Crippen LogP contribution in [-0.4, -0.2) is 16.6 Å². The van der Waals surface area contributed by atoms with E-state index in [1.165, 1.54) is 0 Å². The molecule has 0 fully saturated rings. The van der Waals surface area contributed by atoms with Gasteiger partial charge in [0.25, 0.3) is 0 Å². The van der Waals surface area contributed by atoms with E-state index in [2.05, 4.69) is 15.9 Å². The molecule has 2 aromatic carbocycles. The van der Waals surface area contributed by atoms with E-state index in [0.29, 0.717) is 17.4 Å². The zero-order chi connectivity index (χ0) is 14.7. The molecule has 1 aromatic heterocycles. The Balaban J connectivity index is 0.00000176. The number of rotatable bonds is 3. The van der Waals surface area contributed by atoms with Crippen LogP contribution >= 0.6 is 12.4 Å². The lowest BCUT2D eigenvalue weighted by Crippen LogP contribution is -1.98. The normalized spacial score (nSPS) is 9.77. The number of anilines is 1. The molecular weight excluding hydrogens is 298 g/mol.